The highest BCUT2D eigenvalue weighted by atomic mass is 16.5. The number of nitrogens with zero attached hydrogens (tertiary/aromatic N) is 1. The Morgan fingerprint density at radius 2 is 2.14 bits per heavy atom. The minimum Gasteiger partial charge on any atom is -0.493 e. The number of hydrogen-bond donors (Lipinski definition) is 3. The average Bonchev–Trinajstić information content (AvgIpc) is 2.71. The Bertz CT molecular complexity index is 794. The minimum atomic E-state index is -0.682. The van der Waals surface area contributed by atoms with E-state index in [1.54, 1.807) is 0 Å². The number of hydrogen-bond acceptors (Lipinski definition) is 4. The highest BCUT2D eigenvalue weighted by Gasteiger charge is 2.21. The molecule has 0 fully saturated rings. The molecule has 2 aromatic carbocycles. The first-order chi connectivity index (χ1) is 13.7. The van der Waals surface area contributed by atoms with Crippen LogP contribution in [0.2, 0.25) is 0 Å². The molecule has 2 unspecified atom stereocenters. The Hall–Kier alpha value is -2.73. The van der Waals surface area contributed by atoms with Gasteiger partial charge in [0.1, 0.15) is 24.2 Å². The maximum absolute atomic E-state index is 10.3. The van der Waals surface area contributed by atoms with E-state index in [0.717, 1.165) is 35.6 Å². The van der Waals surface area contributed by atoms with Crippen molar-refractivity contribution in [2.24, 2.45) is 4.99 Å². The van der Waals surface area contributed by atoms with E-state index in [4.69, 9.17) is 9.47 Å². The molecule has 0 saturated heterocycles. The summed E-state index contributed by atoms with van der Waals surface area (Å²) in [6, 6.07) is 16.0. The molecule has 0 aromatic heterocycles. The van der Waals surface area contributed by atoms with Gasteiger partial charge in [-0.15, -0.1) is 0 Å². The van der Waals surface area contributed by atoms with Gasteiger partial charge in [0.05, 0.1) is 19.2 Å². The molecule has 0 spiro atoms. The molecule has 6 nitrogen and oxygen atoms in total. The predicted molar refractivity (Wildman–Crippen MR) is 111 cm³/mol. The quantitative estimate of drug-likeness (QED) is 0.506. The summed E-state index contributed by atoms with van der Waals surface area (Å²) >= 11 is 0. The van der Waals surface area contributed by atoms with Gasteiger partial charge in [-0.3, -0.25) is 4.99 Å². The summed E-state index contributed by atoms with van der Waals surface area (Å²) in [5, 5.41) is 17.0. The Labute approximate surface area is 166 Å². The highest BCUT2D eigenvalue weighted by Crippen LogP contribution is 2.31. The van der Waals surface area contributed by atoms with Gasteiger partial charge < -0.3 is 25.2 Å². The smallest absolute Gasteiger partial charge is 0.191 e. The van der Waals surface area contributed by atoms with Crippen molar-refractivity contribution in [2.45, 2.75) is 32.4 Å². The molecule has 2 aromatic rings. The maximum Gasteiger partial charge on any atom is 0.191 e. The third-order valence-corrected chi connectivity index (χ3v) is 4.51. The maximum atomic E-state index is 10.3. The lowest BCUT2D eigenvalue weighted by Crippen LogP contribution is -2.41. The van der Waals surface area contributed by atoms with Crippen molar-refractivity contribution >= 4 is 5.96 Å². The van der Waals surface area contributed by atoms with Crippen molar-refractivity contribution < 1.29 is 14.6 Å². The Kier molecular flexibility index (Phi) is 7.14. The van der Waals surface area contributed by atoms with E-state index in [1.165, 1.54) is 0 Å². The van der Waals surface area contributed by atoms with Crippen molar-refractivity contribution in [3.63, 3.8) is 0 Å². The molecule has 6 heteroatoms. The SMILES string of the molecule is CCNC(=NCC(O)COc1cccc(C)c1)NC1CCOc2ccccc21. The largest absolute Gasteiger partial charge is 0.493 e. The van der Waals surface area contributed by atoms with Gasteiger partial charge in [0, 0.05) is 18.5 Å². The van der Waals surface area contributed by atoms with Gasteiger partial charge in [0.2, 0.25) is 0 Å². The molecule has 1 aliphatic rings. The lowest BCUT2D eigenvalue weighted by atomic mass is 10.0. The van der Waals surface area contributed by atoms with Crippen LogP contribution in [0.3, 0.4) is 0 Å². The summed E-state index contributed by atoms with van der Waals surface area (Å²) in [4.78, 5) is 4.53. The normalized spacial score (nSPS) is 17.2. The second-order valence-corrected chi connectivity index (χ2v) is 6.87. The van der Waals surface area contributed by atoms with E-state index in [9.17, 15) is 5.11 Å². The van der Waals surface area contributed by atoms with E-state index in [2.05, 4.69) is 21.7 Å². The monoisotopic (exact) mass is 383 g/mol. The van der Waals surface area contributed by atoms with Crippen LogP contribution in [0, 0.1) is 6.92 Å². The second kappa shape index (κ2) is 9.99. The summed E-state index contributed by atoms with van der Waals surface area (Å²) in [6.07, 6.45) is 0.179. The average molecular weight is 383 g/mol. The molecule has 0 saturated carbocycles. The van der Waals surface area contributed by atoms with E-state index >= 15 is 0 Å². The number of aliphatic hydroxyl groups excluding tert-OH is 1. The van der Waals surface area contributed by atoms with Crippen LogP contribution < -0.4 is 20.1 Å². The molecule has 0 radical (unpaired) electrons. The van der Waals surface area contributed by atoms with E-state index in [1.807, 2.05) is 56.3 Å². The number of aliphatic hydroxyl groups is 1. The number of rotatable bonds is 7. The van der Waals surface area contributed by atoms with Gasteiger partial charge in [-0.05, 0) is 37.6 Å². The van der Waals surface area contributed by atoms with Crippen LogP contribution in [-0.4, -0.2) is 43.5 Å². The molecular formula is C22H29N3O3. The van der Waals surface area contributed by atoms with Gasteiger partial charge in [0.25, 0.3) is 0 Å². The molecule has 28 heavy (non-hydrogen) atoms. The van der Waals surface area contributed by atoms with Crippen LogP contribution in [0.25, 0.3) is 0 Å². The van der Waals surface area contributed by atoms with Gasteiger partial charge in [-0.1, -0.05) is 30.3 Å². The van der Waals surface area contributed by atoms with Crippen LogP contribution in [0.1, 0.15) is 30.5 Å². The summed E-state index contributed by atoms with van der Waals surface area (Å²) in [7, 11) is 0. The molecule has 0 aliphatic carbocycles. The number of aryl methyl sites for hydroxylation is 1. The number of benzene rings is 2. The summed E-state index contributed by atoms with van der Waals surface area (Å²) < 4.78 is 11.4. The molecule has 3 rings (SSSR count). The van der Waals surface area contributed by atoms with Crippen LogP contribution in [-0.2, 0) is 0 Å². The fourth-order valence-electron chi connectivity index (χ4n) is 3.12. The van der Waals surface area contributed by atoms with Crippen molar-refractivity contribution in [3.05, 3.63) is 59.7 Å². The van der Waals surface area contributed by atoms with Crippen LogP contribution >= 0.6 is 0 Å². The van der Waals surface area contributed by atoms with Gasteiger partial charge in [-0.25, -0.2) is 0 Å². The van der Waals surface area contributed by atoms with Crippen molar-refractivity contribution in [3.8, 4) is 11.5 Å². The van der Waals surface area contributed by atoms with E-state index in [0.29, 0.717) is 12.6 Å². The zero-order chi connectivity index (χ0) is 19.8. The highest BCUT2D eigenvalue weighted by molar-refractivity contribution is 5.80. The number of para-hydroxylation sites is 1. The number of ether oxygens (including phenoxy) is 2. The van der Waals surface area contributed by atoms with Crippen molar-refractivity contribution in [1.82, 2.24) is 10.6 Å². The molecule has 2 atom stereocenters. The van der Waals surface area contributed by atoms with Crippen LogP contribution in [0.5, 0.6) is 11.5 Å². The number of guanidine groups is 1. The minimum absolute atomic E-state index is 0.128. The van der Waals surface area contributed by atoms with Gasteiger partial charge in [-0.2, -0.15) is 0 Å². The molecule has 1 heterocycles. The molecular weight excluding hydrogens is 354 g/mol. The van der Waals surface area contributed by atoms with Crippen molar-refractivity contribution in [1.29, 1.82) is 0 Å². The summed E-state index contributed by atoms with van der Waals surface area (Å²) in [5.41, 5.74) is 2.25. The summed E-state index contributed by atoms with van der Waals surface area (Å²) in [6.45, 7) is 5.90. The molecule has 0 bridgehead atoms. The predicted octanol–water partition coefficient (Wildman–Crippen LogP) is 2.81. The first kappa shape index (κ1) is 20.0. The van der Waals surface area contributed by atoms with E-state index in [-0.39, 0.29) is 19.2 Å². The third kappa shape index (κ3) is 5.63. The number of aliphatic imine (C=N–C) groups is 1. The van der Waals surface area contributed by atoms with Crippen molar-refractivity contribution in [2.75, 3.05) is 26.3 Å². The van der Waals surface area contributed by atoms with Crippen LogP contribution in [0.15, 0.2) is 53.5 Å². The fraction of sp³-hybridized carbons (Fsp3) is 0.409. The Balaban J connectivity index is 1.57. The number of nitrogens with one attached hydrogen (secondary N) is 2. The standard InChI is InChI=1S/C22H29N3O3/c1-3-23-22(25-20-11-12-27-21-10-5-4-9-19(20)21)24-14-17(26)15-28-18-8-6-7-16(2)13-18/h4-10,13,17,20,26H,3,11-12,14-15H2,1-2H3,(H2,23,24,25). The molecule has 150 valence electrons. The van der Waals surface area contributed by atoms with E-state index < -0.39 is 6.10 Å². The topological polar surface area (TPSA) is 75.1 Å². The molecule has 1 aliphatic heterocycles. The van der Waals surface area contributed by atoms with Gasteiger partial charge in [0.15, 0.2) is 5.96 Å². The number of fused-ring (bicyclic) bond motifs is 1. The Morgan fingerprint density at radius 3 is 2.96 bits per heavy atom. The molecule has 3 N–H and O–H groups in total. The first-order valence-electron chi connectivity index (χ1n) is 9.80. The third-order valence-electron chi connectivity index (χ3n) is 4.51. The summed E-state index contributed by atoms with van der Waals surface area (Å²) in [5.74, 6) is 2.35. The second-order valence-electron chi connectivity index (χ2n) is 6.87. The first-order valence-corrected chi connectivity index (χ1v) is 9.80. The van der Waals surface area contributed by atoms with Crippen LogP contribution in [0.4, 0.5) is 0 Å². The van der Waals surface area contributed by atoms with Gasteiger partial charge >= 0.3 is 0 Å². The molecule has 0 amide bonds. The Morgan fingerprint density at radius 1 is 1.29 bits per heavy atom. The lowest BCUT2D eigenvalue weighted by Gasteiger charge is -2.28. The zero-order valence-electron chi connectivity index (χ0n) is 16.5. The fourth-order valence-corrected chi connectivity index (χ4v) is 3.12. The lowest BCUT2D eigenvalue weighted by molar-refractivity contribution is 0.114. The zero-order valence-corrected chi connectivity index (χ0v) is 16.5.